The molecular weight excluding hydrogens is 262 g/mol. The topological polar surface area (TPSA) is 30.3 Å². The molecule has 0 unspecified atom stereocenters. The van der Waals surface area contributed by atoms with Crippen LogP contribution in [0.2, 0.25) is 0 Å². The number of aryl methyl sites for hydroxylation is 1. The number of nitrogens with zero attached hydrogens (tertiary/aromatic N) is 3. The fourth-order valence-corrected chi connectivity index (χ4v) is 2.84. The standard InChI is InChI=1S/C17H23N3O/c1-3-20-14(2)15(12-18-20)13-21-17-8-6-16(7-9-17)19-10-4-5-11-19/h6-9,12H,3-5,10-11,13H2,1-2H3. The van der Waals surface area contributed by atoms with Crippen molar-refractivity contribution in [3.63, 3.8) is 0 Å². The first-order chi connectivity index (χ1) is 10.3. The molecule has 0 spiro atoms. The summed E-state index contributed by atoms with van der Waals surface area (Å²) in [5, 5.41) is 4.34. The average molecular weight is 285 g/mol. The Morgan fingerprint density at radius 3 is 2.48 bits per heavy atom. The van der Waals surface area contributed by atoms with Crippen molar-refractivity contribution < 1.29 is 4.74 Å². The van der Waals surface area contributed by atoms with E-state index in [1.165, 1.54) is 37.3 Å². The van der Waals surface area contributed by atoms with Gasteiger partial charge in [0.05, 0.1) is 6.20 Å². The zero-order valence-corrected chi connectivity index (χ0v) is 12.9. The van der Waals surface area contributed by atoms with Crippen LogP contribution in [0.5, 0.6) is 5.75 Å². The van der Waals surface area contributed by atoms with Crippen LogP contribution in [-0.2, 0) is 13.2 Å². The fourth-order valence-electron chi connectivity index (χ4n) is 2.84. The molecule has 0 saturated carbocycles. The van der Waals surface area contributed by atoms with E-state index in [-0.39, 0.29) is 0 Å². The lowest BCUT2D eigenvalue weighted by molar-refractivity contribution is 0.305. The molecular formula is C17H23N3O. The first kappa shape index (κ1) is 14.0. The van der Waals surface area contributed by atoms with Crippen LogP contribution in [0.1, 0.15) is 31.0 Å². The van der Waals surface area contributed by atoms with E-state index in [0.717, 1.165) is 17.9 Å². The zero-order valence-electron chi connectivity index (χ0n) is 12.9. The highest BCUT2D eigenvalue weighted by Crippen LogP contribution is 2.23. The van der Waals surface area contributed by atoms with Crippen molar-refractivity contribution in [2.45, 2.75) is 39.8 Å². The number of anilines is 1. The van der Waals surface area contributed by atoms with Crippen molar-refractivity contribution in [2.24, 2.45) is 0 Å². The Labute approximate surface area is 126 Å². The molecule has 0 aliphatic carbocycles. The quantitative estimate of drug-likeness (QED) is 0.843. The first-order valence-corrected chi connectivity index (χ1v) is 7.77. The predicted octanol–water partition coefficient (Wildman–Crippen LogP) is 3.39. The number of hydrogen-bond donors (Lipinski definition) is 0. The van der Waals surface area contributed by atoms with Crippen LogP contribution in [0, 0.1) is 6.92 Å². The molecule has 1 aliphatic heterocycles. The second-order valence-corrected chi connectivity index (χ2v) is 5.55. The molecule has 0 atom stereocenters. The van der Waals surface area contributed by atoms with Crippen molar-refractivity contribution in [1.29, 1.82) is 0 Å². The van der Waals surface area contributed by atoms with Crippen LogP contribution < -0.4 is 9.64 Å². The Hall–Kier alpha value is -1.97. The van der Waals surface area contributed by atoms with Crippen molar-refractivity contribution in [2.75, 3.05) is 18.0 Å². The van der Waals surface area contributed by atoms with Gasteiger partial charge in [0.25, 0.3) is 0 Å². The van der Waals surface area contributed by atoms with Gasteiger partial charge in [-0.3, -0.25) is 4.68 Å². The third-order valence-corrected chi connectivity index (χ3v) is 4.21. The van der Waals surface area contributed by atoms with Gasteiger partial charge in [0.2, 0.25) is 0 Å². The Kier molecular flexibility index (Phi) is 4.13. The summed E-state index contributed by atoms with van der Waals surface area (Å²) < 4.78 is 7.87. The van der Waals surface area contributed by atoms with E-state index in [2.05, 4.69) is 48.1 Å². The van der Waals surface area contributed by atoms with Gasteiger partial charge in [-0.15, -0.1) is 0 Å². The fraction of sp³-hybridized carbons (Fsp3) is 0.471. The molecule has 0 bridgehead atoms. The summed E-state index contributed by atoms with van der Waals surface area (Å²) in [4.78, 5) is 2.43. The molecule has 1 aliphatic rings. The van der Waals surface area contributed by atoms with Crippen LogP contribution in [-0.4, -0.2) is 22.9 Å². The minimum atomic E-state index is 0.578. The van der Waals surface area contributed by atoms with Crippen molar-refractivity contribution in [1.82, 2.24) is 9.78 Å². The van der Waals surface area contributed by atoms with Gasteiger partial charge in [0, 0.05) is 36.6 Å². The lowest BCUT2D eigenvalue weighted by Crippen LogP contribution is -2.17. The van der Waals surface area contributed by atoms with Crippen LogP contribution in [0.4, 0.5) is 5.69 Å². The van der Waals surface area contributed by atoms with Crippen molar-refractivity contribution >= 4 is 5.69 Å². The van der Waals surface area contributed by atoms with Crippen LogP contribution in [0.25, 0.3) is 0 Å². The zero-order chi connectivity index (χ0) is 14.7. The number of aromatic nitrogens is 2. The van der Waals surface area contributed by atoms with E-state index in [9.17, 15) is 0 Å². The molecule has 1 aromatic carbocycles. The number of ether oxygens (including phenoxy) is 1. The van der Waals surface area contributed by atoms with Gasteiger partial charge in [-0.05, 0) is 51.0 Å². The molecule has 1 fully saturated rings. The largest absolute Gasteiger partial charge is 0.489 e. The first-order valence-electron chi connectivity index (χ1n) is 7.77. The van der Waals surface area contributed by atoms with E-state index in [4.69, 9.17) is 4.74 Å². The van der Waals surface area contributed by atoms with Crippen LogP contribution >= 0.6 is 0 Å². The lowest BCUT2D eigenvalue weighted by atomic mass is 10.2. The van der Waals surface area contributed by atoms with E-state index in [1.807, 2.05) is 10.9 Å². The maximum atomic E-state index is 5.88. The Morgan fingerprint density at radius 2 is 1.86 bits per heavy atom. The Morgan fingerprint density at radius 1 is 1.14 bits per heavy atom. The van der Waals surface area contributed by atoms with E-state index in [0.29, 0.717) is 6.61 Å². The van der Waals surface area contributed by atoms with E-state index < -0.39 is 0 Å². The average Bonchev–Trinajstić information content (AvgIpc) is 3.16. The van der Waals surface area contributed by atoms with Crippen LogP contribution in [0.15, 0.2) is 30.5 Å². The summed E-state index contributed by atoms with van der Waals surface area (Å²) in [5.41, 5.74) is 3.64. The molecule has 112 valence electrons. The van der Waals surface area contributed by atoms with Crippen LogP contribution in [0.3, 0.4) is 0 Å². The smallest absolute Gasteiger partial charge is 0.119 e. The molecule has 3 rings (SSSR count). The highest BCUT2D eigenvalue weighted by atomic mass is 16.5. The summed E-state index contributed by atoms with van der Waals surface area (Å²) in [5.74, 6) is 0.918. The summed E-state index contributed by atoms with van der Waals surface area (Å²) >= 11 is 0. The number of rotatable bonds is 5. The summed E-state index contributed by atoms with van der Waals surface area (Å²) in [6.45, 7) is 8.02. The predicted molar refractivity (Wildman–Crippen MR) is 84.9 cm³/mol. The van der Waals surface area contributed by atoms with Gasteiger partial charge < -0.3 is 9.64 Å². The molecule has 4 nitrogen and oxygen atoms in total. The molecule has 0 N–H and O–H groups in total. The molecule has 2 heterocycles. The van der Waals surface area contributed by atoms with Crippen molar-refractivity contribution in [3.8, 4) is 5.75 Å². The second kappa shape index (κ2) is 6.20. The molecule has 21 heavy (non-hydrogen) atoms. The molecule has 2 aromatic rings. The molecule has 1 saturated heterocycles. The monoisotopic (exact) mass is 285 g/mol. The Balaban J connectivity index is 1.61. The lowest BCUT2D eigenvalue weighted by Gasteiger charge is -2.17. The third-order valence-electron chi connectivity index (χ3n) is 4.21. The SMILES string of the molecule is CCn1ncc(COc2ccc(N3CCCC3)cc2)c1C. The maximum absolute atomic E-state index is 5.88. The molecule has 1 aromatic heterocycles. The summed E-state index contributed by atoms with van der Waals surface area (Å²) in [6, 6.07) is 8.44. The van der Waals surface area contributed by atoms with Gasteiger partial charge in [-0.25, -0.2) is 0 Å². The molecule has 0 radical (unpaired) electrons. The van der Waals surface area contributed by atoms with Gasteiger partial charge in [-0.1, -0.05) is 0 Å². The summed E-state index contributed by atoms with van der Waals surface area (Å²) in [7, 11) is 0. The molecule has 4 heteroatoms. The minimum Gasteiger partial charge on any atom is -0.489 e. The highest BCUT2D eigenvalue weighted by Gasteiger charge is 2.12. The maximum Gasteiger partial charge on any atom is 0.119 e. The van der Waals surface area contributed by atoms with E-state index in [1.54, 1.807) is 0 Å². The van der Waals surface area contributed by atoms with Gasteiger partial charge in [0.15, 0.2) is 0 Å². The van der Waals surface area contributed by atoms with Gasteiger partial charge >= 0.3 is 0 Å². The second-order valence-electron chi connectivity index (χ2n) is 5.55. The Bertz CT molecular complexity index is 583. The van der Waals surface area contributed by atoms with Gasteiger partial charge in [0.1, 0.15) is 12.4 Å². The molecule has 0 amide bonds. The number of benzene rings is 1. The normalized spacial score (nSPS) is 14.7. The van der Waals surface area contributed by atoms with E-state index >= 15 is 0 Å². The summed E-state index contributed by atoms with van der Waals surface area (Å²) in [6.07, 6.45) is 4.51. The minimum absolute atomic E-state index is 0.578. The number of hydrogen-bond acceptors (Lipinski definition) is 3. The van der Waals surface area contributed by atoms with Gasteiger partial charge in [-0.2, -0.15) is 5.10 Å². The third kappa shape index (κ3) is 3.04. The van der Waals surface area contributed by atoms with Crippen molar-refractivity contribution in [3.05, 3.63) is 41.7 Å². The highest BCUT2D eigenvalue weighted by molar-refractivity contribution is 5.49.